The molecule has 1 atom stereocenters. The van der Waals surface area contributed by atoms with Gasteiger partial charge in [0.2, 0.25) is 0 Å². The largest absolute Gasteiger partial charge is 0.534 e. The van der Waals surface area contributed by atoms with Gasteiger partial charge in [-0.25, -0.2) is 0 Å². The fourth-order valence-corrected chi connectivity index (χ4v) is 3.18. The zero-order valence-corrected chi connectivity index (χ0v) is 15.6. The predicted octanol–water partition coefficient (Wildman–Crippen LogP) is 3.56. The van der Waals surface area contributed by atoms with Crippen LogP contribution in [-0.2, 0) is 22.1 Å². The summed E-state index contributed by atoms with van der Waals surface area (Å²) in [6.07, 6.45) is 5.04. The molecule has 0 heterocycles. The Hall–Kier alpha value is -1.72. The van der Waals surface area contributed by atoms with Crippen LogP contribution in [0.4, 0.5) is 0 Å². The highest BCUT2D eigenvalue weighted by atomic mass is 32.2. The van der Waals surface area contributed by atoms with Crippen molar-refractivity contribution in [2.24, 2.45) is 5.73 Å². The van der Waals surface area contributed by atoms with Gasteiger partial charge in [0.25, 0.3) is 0 Å². The molecule has 0 unspecified atom stereocenters. The molecule has 3 nitrogen and oxygen atoms in total. The molecule has 0 aromatic heterocycles. The molecule has 2 aromatic carbocycles. The van der Waals surface area contributed by atoms with Crippen LogP contribution in [-0.4, -0.2) is 30.9 Å². The second kappa shape index (κ2) is 11.0. The van der Waals surface area contributed by atoms with E-state index in [4.69, 9.17) is 10.4 Å². The van der Waals surface area contributed by atoms with Crippen LogP contribution < -0.4 is 5.73 Å². The summed E-state index contributed by atoms with van der Waals surface area (Å²) in [5.74, 6) is 0.719. The smallest absolute Gasteiger partial charge is 0.370 e. The van der Waals surface area contributed by atoms with Crippen LogP contribution in [0.2, 0.25) is 0 Å². The fraction of sp³-hybridized carbons (Fsp3) is 0.350. The van der Waals surface area contributed by atoms with E-state index >= 15 is 0 Å². The average Bonchev–Trinajstić information content (AvgIpc) is 2.63. The van der Waals surface area contributed by atoms with Crippen molar-refractivity contribution in [3.05, 3.63) is 71.8 Å². The molecule has 2 aromatic rings. The Kier molecular flexibility index (Phi) is 8.63. The Balaban J connectivity index is 1.99. The number of carbonyl (C=O) groups is 1. The minimum absolute atomic E-state index is 0.205. The van der Waals surface area contributed by atoms with E-state index in [-0.39, 0.29) is 12.9 Å². The minimum Gasteiger partial charge on any atom is -0.534 e. The molecule has 0 spiro atoms. The first-order valence-corrected chi connectivity index (χ1v) is 10.1. The lowest BCUT2D eigenvalue weighted by Crippen LogP contribution is -2.38. The monoisotopic (exact) mass is 355 g/mol. The zero-order valence-electron chi connectivity index (χ0n) is 14.8. The van der Waals surface area contributed by atoms with E-state index in [1.54, 1.807) is 11.8 Å². The van der Waals surface area contributed by atoms with Gasteiger partial charge in [-0.3, -0.25) is 4.79 Å². The highest BCUT2D eigenvalue weighted by molar-refractivity contribution is 7.98. The molecule has 132 valence electrons. The fourth-order valence-electron chi connectivity index (χ4n) is 2.73. The maximum Gasteiger partial charge on any atom is 0.370 e. The summed E-state index contributed by atoms with van der Waals surface area (Å²) in [5, 5.41) is 0. The van der Waals surface area contributed by atoms with Crippen molar-refractivity contribution in [1.29, 1.82) is 0 Å². The number of carbonyl (C=O) groups excluding carboxylic acids is 1. The average molecular weight is 355 g/mol. The molecule has 0 amide bonds. The van der Waals surface area contributed by atoms with E-state index < -0.39 is 6.04 Å². The molecular formula is C20H26BNO2S. The molecule has 0 bridgehead atoms. The topological polar surface area (TPSA) is 52.3 Å². The molecule has 0 fully saturated rings. The van der Waals surface area contributed by atoms with Crippen molar-refractivity contribution < 1.29 is 9.45 Å². The Bertz CT molecular complexity index is 583. The van der Waals surface area contributed by atoms with Crippen LogP contribution in [0, 0.1) is 0 Å². The van der Waals surface area contributed by atoms with Gasteiger partial charge < -0.3 is 10.4 Å². The van der Waals surface area contributed by atoms with Gasteiger partial charge in [0.05, 0.1) is 0 Å². The normalized spacial score (nSPS) is 11.8. The molecular weight excluding hydrogens is 329 g/mol. The van der Waals surface area contributed by atoms with E-state index in [0.29, 0.717) is 19.1 Å². The number of thioether (sulfide) groups is 1. The summed E-state index contributed by atoms with van der Waals surface area (Å²) in [6, 6.07) is 19.7. The second-order valence-electron chi connectivity index (χ2n) is 6.18. The lowest BCUT2D eigenvalue weighted by molar-refractivity contribution is -0.136. The number of rotatable bonds is 10. The standard InChI is InChI=1S/C20H26BNO2S/c1-25-14-8-13-19(22)20(23)24-21(15-17-9-4-2-5-10-17)16-18-11-6-3-7-12-18/h2-7,9-12,19H,8,13-16,22H2,1H3/t19-/m1/s1. The molecule has 0 aliphatic heterocycles. The van der Waals surface area contributed by atoms with Crippen LogP contribution >= 0.6 is 11.8 Å². The Morgan fingerprint density at radius 2 is 1.56 bits per heavy atom. The third kappa shape index (κ3) is 7.37. The van der Waals surface area contributed by atoms with Gasteiger partial charge in [-0.1, -0.05) is 71.8 Å². The molecule has 0 aliphatic rings. The Labute approximate surface area is 155 Å². The molecule has 0 saturated carbocycles. The van der Waals surface area contributed by atoms with Crippen molar-refractivity contribution in [2.45, 2.75) is 31.5 Å². The van der Waals surface area contributed by atoms with Gasteiger partial charge in [-0.05, 0) is 37.5 Å². The van der Waals surface area contributed by atoms with Crippen LogP contribution in [0.5, 0.6) is 0 Å². The molecule has 2 N–H and O–H groups in total. The van der Waals surface area contributed by atoms with Crippen molar-refractivity contribution in [2.75, 3.05) is 12.0 Å². The summed E-state index contributed by atoms with van der Waals surface area (Å²) in [7, 11) is 0. The molecule has 0 aliphatic carbocycles. The third-order valence-corrected chi connectivity index (χ3v) is 4.76. The lowest BCUT2D eigenvalue weighted by atomic mass is 9.58. The first kappa shape index (κ1) is 19.6. The van der Waals surface area contributed by atoms with Crippen molar-refractivity contribution in [3.8, 4) is 0 Å². The van der Waals surface area contributed by atoms with E-state index in [0.717, 1.165) is 23.3 Å². The number of benzene rings is 2. The second-order valence-corrected chi connectivity index (χ2v) is 7.17. The summed E-state index contributed by atoms with van der Waals surface area (Å²) in [4.78, 5) is 12.4. The maximum atomic E-state index is 12.4. The van der Waals surface area contributed by atoms with E-state index in [9.17, 15) is 4.79 Å². The van der Waals surface area contributed by atoms with Gasteiger partial charge in [0.1, 0.15) is 6.04 Å². The third-order valence-electron chi connectivity index (χ3n) is 4.06. The number of hydrogen-bond acceptors (Lipinski definition) is 4. The number of hydrogen-bond donors (Lipinski definition) is 1. The Morgan fingerprint density at radius 3 is 2.04 bits per heavy atom. The summed E-state index contributed by atoms with van der Waals surface area (Å²) < 4.78 is 5.78. The highest BCUT2D eigenvalue weighted by Gasteiger charge is 2.25. The molecule has 5 heteroatoms. The van der Waals surface area contributed by atoms with Crippen molar-refractivity contribution >= 4 is 24.6 Å². The Morgan fingerprint density at radius 1 is 1.04 bits per heavy atom. The first-order valence-electron chi connectivity index (χ1n) is 8.72. The van der Waals surface area contributed by atoms with Crippen LogP contribution in [0.15, 0.2) is 60.7 Å². The quantitative estimate of drug-likeness (QED) is 0.523. The van der Waals surface area contributed by atoms with E-state index in [1.165, 1.54) is 0 Å². The lowest BCUT2D eigenvalue weighted by Gasteiger charge is -2.18. The summed E-state index contributed by atoms with van der Waals surface area (Å²) in [5.41, 5.74) is 8.33. The van der Waals surface area contributed by atoms with Gasteiger partial charge in [-0.2, -0.15) is 11.8 Å². The molecule has 0 saturated heterocycles. The van der Waals surface area contributed by atoms with Crippen molar-refractivity contribution in [1.82, 2.24) is 0 Å². The maximum absolute atomic E-state index is 12.4. The minimum atomic E-state index is -0.541. The zero-order chi connectivity index (χ0) is 17.9. The van der Waals surface area contributed by atoms with Gasteiger partial charge in [0, 0.05) is 0 Å². The van der Waals surface area contributed by atoms with Gasteiger partial charge in [0.15, 0.2) is 0 Å². The SMILES string of the molecule is CSCCC[C@@H](N)C(=O)OB(Cc1ccccc1)Cc1ccccc1. The first-order chi connectivity index (χ1) is 12.2. The van der Waals surface area contributed by atoms with Crippen LogP contribution in [0.1, 0.15) is 24.0 Å². The van der Waals surface area contributed by atoms with Gasteiger partial charge >= 0.3 is 12.9 Å². The predicted molar refractivity (Wildman–Crippen MR) is 108 cm³/mol. The summed E-state index contributed by atoms with van der Waals surface area (Å²) >= 11 is 1.77. The van der Waals surface area contributed by atoms with Gasteiger partial charge in [-0.15, -0.1) is 0 Å². The molecule has 0 radical (unpaired) electrons. The summed E-state index contributed by atoms with van der Waals surface area (Å²) in [6.45, 7) is -0.205. The van der Waals surface area contributed by atoms with E-state index in [1.807, 2.05) is 36.4 Å². The van der Waals surface area contributed by atoms with Crippen LogP contribution in [0.25, 0.3) is 0 Å². The molecule has 25 heavy (non-hydrogen) atoms. The number of nitrogens with two attached hydrogens (primary N) is 1. The van der Waals surface area contributed by atoms with Crippen LogP contribution in [0.3, 0.4) is 0 Å². The molecule has 2 rings (SSSR count). The van der Waals surface area contributed by atoms with E-state index in [2.05, 4.69) is 30.5 Å². The highest BCUT2D eigenvalue weighted by Crippen LogP contribution is 2.11. The van der Waals surface area contributed by atoms with Crippen molar-refractivity contribution in [3.63, 3.8) is 0 Å².